The van der Waals surface area contributed by atoms with Crippen molar-refractivity contribution in [2.75, 3.05) is 0 Å². The summed E-state index contributed by atoms with van der Waals surface area (Å²) in [6, 6.07) is 8.40. The van der Waals surface area contributed by atoms with Gasteiger partial charge in [-0.1, -0.05) is 0 Å². The van der Waals surface area contributed by atoms with Gasteiger partial charge in [0.15, 0.2) is 0 Å². The molecular weight excluding hydrogens is 127 g/mol. The van der Waals surface area contributed by atoms with Crippen molar-refractivity contribution >= 4 is 28.2 Å². The SMILES string of the molecule is b1csc2ccccc12. The molecule has 0 aliphatic heterocycles. The normalized spacial score (nSPS) is 9.78. The summed E-state index contributed by atoms with van der Waals surface area (Å²) in [5, 5.41) is 3.47. The molecule has 1 aromatic carbocycles. The molecule has 0 saturated heterocycles. The van der Waals surface area contributed by atoms with Crippen molar-refractivity contribution in [1.29, 1.82) is 0 Å². The molecule has 0 amide bonds. The Hall–Kier alpha value is -0.625. The van der Waals surface area contributed by atoms with Gasteiger partial charge in [-0.25, -0.2) is 0 Å². The predicted octanol–water partition coefficient (Wildman–Crippen LogP) is 2.24. The van der Waals surface area contributed by atoms with Crippen LogP contribution in [-0.2, 0) is 0 Å². The first kappa shape index (κ1) is 5.18. The third kappa shape index (κ3) is 0.795. The zero-order valence-corrected chi connectivity index (χ0v) is 5.69. The zero-order chi connectivity index (χ0) is 6.10. The van der Waals surface area contributed by atoms with Gasteiger partial charge in [0.1, 0.15) is 0 Å². The average molecular weight is 132 g/mol. The molecule has 0 radical (unpaired) electrons. The fraction of sp³-hybridized carbons (Fsp3) is 0. The van der Waals surface area contributed by atoms with E-state index in [4.69, 9.17) is 0 Å². The molecule has 2 heteroatoms. The van der Waals surface area contributed by atoms with Crippen LogP contribution < -0.4 is 0 Å². The van der Waals surface area contributed by atoms with Gasteiger partial charge < -0.3 is 0 Å². The van der Waals surface area contributed by atoms with Crippen molar-refractivity contribution in [2.24, 2.45) is 0 Å². The topological polar surface area (TPSA) is 0 Å². The van der Waals surface area contributed by atoms with E-state index in [1.165, 1.54) is 9.98 Å². The van der Waals surface area contributed by atoms with Crippen molar-refractivity contribution in [3.05, 3.63) is 29.5 Å². The van der Waals surface area contributed by atoms with Gasteiger partial charge >= 0.3 is 57.8 Å². The molecule has 2 rings (SSSR count). The van der Waals surface area contributed by atoms with E-state index in [-0.39, 0.29) is 0 Å². The second kappa shape index (κ2) is 1.96. The molecule has 0 unspecified atom stereocenters. The fourth-order valence-corrected chi connectivity index (χ4v) is 1.70. The zero-order valence-electron chi connectivity index (χ0n) is 4.87. The summed E-state index contributed by atoms with van der Waals surface area (Å²) in [4.78, 5) is 0. The summed E-state index contributed by atoms with van der Waals surface area (Å²) in [6.07, 6.45) is 0. The van der Waals surface area contributed by atoms with E-state index in [2.05, 4.69) is 36.5 Å². The van der Waals surface area contributed by atoms with Crippen LogP contribution in [0.3, 0.4) is 0 Å². The molecule has 0 saturated carbocycles. The first-order chi connectivity index (χ1) is 4.47. The van der Waals surface area contributed by atoms with E-state index in [1.807, 2.05) is 0 Å². The molecule has 0 nitrogen and oxygen atoms in total. The first-order valence-electron chi connectivity index (χ1n) is 2.89. The molecule has 9 heavy (non-hydrogen) atoms. The van der Waals surface area contributed by atoms with E-state index in [1.54, 1.807) is 11.3 Å². The van der Waals surface area contributed by atoms with Gasteiger partial charge in [-0.15, -0.1) is 0 Å². The minimum atomic E-state index is 1.35. The minimum absolute atomic E-state index is 1.35. The molecule has 2 aromatic rings. The Morgan fingerprint density at radius 2 is 2.11 bits per heavy atom. The van der Waals surface area contributed by atoms with Gasteiger partial charge in [0, 0.05) is 0 Å². The molecule has 0 spiro atoms. The van der Waals surface area contributed by atoms with E-state index in [9.17, 15) is 0 Å². The average Bonchev–Trinajstić information content (AvgIpc) is 2.33. The van der Waals surface area contributed by atoms with Crippen molar-refractivity contribution in [2.45, 2.75) is 0 Å². The predicted molar refractivity (Wildman–Crippen MR) is 43.2 cm³/mol. The number of hydrogen-bond donors (Lipinski definition) is 0. The molecule has 42 valence electrons. The Morgan fingerprint density at radius 3 is 3.00 bits per heavy atom. The van der Waals surface area contributed by atoms with Crippen LogP contribution in [0.5, 0.6) is 0 Å². The van der Waals surface area contributed by atoms with Gasteiger partial charge in [0.25, 0.3) is 0 Å². The summed E-state index contributed by atoms with van der Waals surface area (Å²) in [5.41, 5.74) is 0. The van der Waals surface area contributed by atoms with Crippen molar-refractivity contribution in [1.82, 2.24) is 0 Å². The van der Waals surface area contributed by atoms with E-state index in [0.717, 1.165) is 0 Å². The van der Waals surface area contributed by atoms with Crippen LogP contribution in [0.25, 0.3) is 9.98 Å². The Labute approximate surface area is 58.4 Å². The van der Waals surface area contributed by atoms with Gasteiger partial charge in [-0.2, -0.15) is 0 Å². The number of fused-ring (bicyclic) bond motifs is 1. The quantitative estimate of drug-likeness (QED) is 0.515. The first-order valence-corrected chi connectivity index (χ1v) is 3.77. The number of hydrogen-bond acceptors (Lipinski definition) is 1. The van der Waals surface area contributed by atoms with Gasteiger partial charge in [-0.05, 0) is 0 Å². The molecule has 0 aliphatic rings. The van der Waals surface area contributed by atoms with E-state index < -0.39 is 0 Å². The monoisotopic (exact) mass is 132 g/mol. The number of benzene rings is 1. The van der Waals surface area contributed by atoms with Gasteiger partial charge in [0.2, 0.25) is 0 Å². The van der Waals surface area contributed by atoms with E-state index in [0.29, 0.717) is 0 Å². The fourth-order valence-electron chi connectivity index (χ4n) is 0.906. The third-order valence-electron chi connectivity index (χ3n) is 1.36. The summed E-state index contributed by atoms with van der Waals surface area (Å²) >= 11 is 1.79. The molecule has 0 aliphatic carbocycles. The van der Waals surface area contributed by atoms with Gasteiger partial charge in [0.05, 0.1) is 0 Å². The second-order valence-corrected chi connectivity index (χ2v) is 2.91. The Bertz CT molecular complexity index is 283. The standard InChI is InChI=1S/C7H5BS/c1-2-4-7-6(3-1)8-5-9-7/h1-5H. The van der Waals surface area contributed by atoms with Crippen LogP contribution in [0, 0.1) is 0 Å². The molecule has 0 atom stereocenters. The Balaban J connectivity index is 2.95. The summed E-state index contributed by atoms with van der Waals surface area (Å²) in [7, 11) is 0. The Kier molecular flexibility index (Phi) is 1.13. The summed E-state index contributed by atoms with van der Waals surface area (Å²) in [6.45, 7) is 2.14. The molecular formula is C7H5BS. The van der Waals surface area contributed by atoms with E-state index >= 15 is 0 Å². The van der Waals surface area contributed by atoms with Crippen molar-refractivity contribution in [3.63, 3.8) is 0 Å². The van der Waals surface area contributed by atoms with Crippen LogP contribution in [0.1, 0.15) is 0 Å². The summed E-state index contributed by atoms with van der Waals surface area (Å²) in [5.74, 6) is 0. The Morgan fingerprint density at radius 1 is 1.22 bits per heavy atom. The van der Waals surface area contributed by atoms with Crippen LogP contribution in [-0.4, -0.2) is 6.91 Å². The molecule has 0 fully saturated rings. The molecule has 1 aromatic heterocycles. The molecule has 0 bridgehead atoms. The number of rotatable bonds is 0. The maximum absolute atomic E-state index is 2.14. The van der Waals surface area contributed by atoms with Crippen molar-refractivity contribution < 1.29 is 0 Å². The maximum atomic E-state index is 2.14. The van der Waals surface area contributed by atoms with Crippen LogP contribution in [0.4, 0.5) is 0 Å². The van der Waals surface area contributed by atoms with Crippen LogP contribution >= 0.6 is 11.3 Å². The van der Waals surface area contributed by atoms with Gasteiger partial charge in [-0.3, -0.25) is 0 Å². The van der Waals surface area contributed by atoms with Crippen molar-refractivity contribution in [3.8, 4) is 0 Å². The van der Waals surface area contributed by atoms with Crippen LogP contribution in [0.15, 0.2) is 29.5 Å². The summed E-state index contributed by atoms with van der Waals surface area (Å²) < 4.78 is 1.37. The third-order valence-corrected chi connectivity index (χ3v) is 2.26. The molecule has 0 N–H and O–H groups in total. The molecule has 1 heterocycles. The second-order valence-electron chi connectivity index (χ2n) is 1.96. The van der Waals surface area contributed by atoms with Crippen LogP contribution in [0.2, 0.25) is 0 Å².